The molecule has 12 heteroatoms. The molecule has 2 heterocycles. The lowest BCUT2D eigenvalue weighted by Gasteiger charge is -2.27. The van der Waals surface area contributed by atoms with Crippen LogP contribution in [-0.2, 0) is 27.7 Å². The van der Waals surface area contributed by atoms with Crippen LogP contribution >= 0.6 is 11.3 Å². The van der Waals surface area contributed by atoms with Gasteiger partial charge in [0.15, 0.2) is 0 Å². The number of nitrogens with zero attached hydrogens (tertiary/aromatic N) is 3. The molecule has 1 aromatic carbocycles. The van der Waals surface area contributed by atoms with Crippen molar-refractivity contribution in [1.82, 2.24) is 14.1 Å². The summed E-state index contributed by atoms with van der Waals surface area (Å²) >= 11 is 1.29. The van der Waals surface area contributed by atoms with E-state index in [0.29, 0.717) is 56.3 Å². The van der Waals surface area contributed by atoms with Crippen molar-refractivity contribution in [2.45, 2.75) is 65.3 Å². The van der Waals surface area contributed by atoms with Crippen LogP contribution in [0.25, 0.3) is 0 Å². The number of nitrogens with one attached hydrogen (secondary N) is 1. The molecule has 0 radical (unpaired) electrons. The number of anilines is 1. The number of hydrogen-bond donors (Lipinski definition) is 1. The first-order valence-corrected chi connectivity index (χ1v) is 16.1. The highest BCUT2D eigenvalue weighted by molar-refractivity contribution is 7.89. The van der Waals surface area contributed by atoms with Crippen LogP contribution in [0.5, 0.6) is 0 Å². The molecular weight excluding hydrogens is 552 g/mol. The van der Waals surface area contributed by atoms with Crippen LogP contribution in [-0.4, -0.2) is 79.8 Å². The molecule has 3 amide bonds. The lowest BCUT2D eigenvalue weighted by Crippen LogP contribution is -2.37. The van der Waals surface area contributed by atoms with Crippen LogP contribution in [0.1, 0.15) is 78.6 Å². The first-order chi connectivity index (χ1) is 19.1. The standard InChI is InChI=1S/C28H40N4O6S2/c1-6-16-30(17-7-2)27(34)24-22-15-18-31(28(35)38-10-5)19-23(22)39-26(24)29-25(33)20-11-13-21(14-12-20)40(36,37)32(8-3)9-4/h11-14H,6-10,15-19H2,1-5H3,(H,29,33). The Bertz CT molecular complexity index is 1300. The van der Waals surface area contributed by atoms with Gasteiger partial charge < -0.3 is 19.9 Å². The molecule has 0 spiro atoms. The first kappa shape index (κ1) is 31.6. The maximum Gasteiger partial charge on any atom is 0.410 e. The Morgan fingerprint density at radius 1 is 1.00 bits per heavy atom. The zero-order valence-corrected chi connectivity index (χ0v) is 25.6. The predicted molar refractivity (Wildman–Crippen MR) is 156 cm³/mol. The third-order valence-electron chi connectivity index (χ3n) is 6.76. The summed E-state index contributed by atoms with van der Waals surface area (Å²) in [6, 6.07) is 5.80. The van der Waals surface area contributed by atoms with Gasteiger partial charge in [-0.3, -0.25) is 9.59 Å². The zero-order chi connectivity index (χ0) is 29.4. The predicted octanol–water partition coefficient (Wildman–Crippen LogP) is 4.81. The molecular formula is C28H40N4O6S2. The van der Waals surface area contributed by atoms with Gasteiger partial charge in [-0.2, -0.15) is 4.31 Å². The van der Waals surface area contributed by atoms with E-state index in [2.05, 4.69) is 5.32 Å². The van der Waals surface area contributed by atoms with Crippen molar-refractivity contribution < 1.29 is 27.5 Å². The van der Waals surface area contributed by atoms with Gasteiger partial charge in [0.05, 0.1) is 23.6 Å². The van der Waals surface area contributed by atoms with Crippen LogP contribution in [0, 0.1) is 0 Å². The second kappa shape index (κ2) is 14.1. The van der Waals surface area contributed by atoms with Crippen LogP contribution in [0.4, 0.5) is 9.80 Å². The van der Waals surface area contributed by atoms with Crippen molar-refractivity contribution in [3.63, 3.8) is 0 Å². The number of thiophene rings is 1. The molecule has 0 atom stereocenters. The van der Waals surface area contributed by atoms with E-state index in [1.807, 2.05) is 18.7 Å². The van der Waals surface area contributed by atoms with Crippen LogP contribution in [0.15, 0.2) is 29.2 Å². The monoisotopic (exact) mass is 592 g/mol. The largest absolute Gasteiger partial charge is 0.450 e. The molecule has 0 saturated heterocycles. The van der Waals surface area contributed by atoms with Gasteiger partial charge in [-0.15, -0.1) is 11.3 Å². The van der Waals surface area contributed by atoms with Crippen LogP contribution in [0.3, 0.4) is 0 Å². The minimum atomic E-state index is -3.65. The molecule has 0 fully saturated rings. The van der Waals surface area contributed by atoms with Crippen molar-refractivity contribution in [2.24, 2.45) is 0 Å². The Hall–Kier alpha value is -2.96. The van der Waals surface area contributed by atoms with Crippen molar-refractivity contribution in [1.29, 1.82) is 0 Å². The van der Waals surface area contributed by atoms with Gasteiger partial charge in [-0.1, -0.05) is 27.7 Å². The third kappa shape index (κ3) is 6.84. The van der Waals surface area contributed by atoms with E-state index in [0.717, 1.165) is 23.3 Å². The van der Waals surface area contributed by atoms with E-state index in [1.165, 1.54) is 39.9 Å². The average Bonchev–Trinajstić information content (AvgIpc) is 3.30. The quantitative estimate of drug-likeness (QED) is 0.378. The van der Waals surface area contributed by atoms with E-state index in [1.54, 1.807) is 25.7 Å². The third-order valence-corrected chi connectivity index (χ3v) is 9.95. The lowest BCUT2D eigenvalue weighted by molar-refractivity contribution is 0.0755. The van der Waals surface area contributed by atoms with Gasteiger partial charge >= 0.3 is 6.09 Å². The van der Waals surface area contributed by atoms with E-state index in [-0.39, 0.29) is 23.0 Å². The number of rotatable bonds is 12. The van der Waals surface area contributed by atoms with E-state index >= 15 is 0 Å². The van der Waals surface area contributed by atoms with Gasteiger partial charge in [0, 0.05) is 43.2 Å². The number of amides is 3. The molecule has 0 aliphatic carbocycles. The number of ether oxygens (including phenoxy) is 1. The molecule has 1 aromatic heterocycles. The second-order valence-corrected chi connectivity index (χ2v) is 12.5. The first-order valence-electron chi connectivity index (χ1n) is 13.9. The highest BCUT2D eigenvalue weighted by atomic mass is 32.2. The maximum absolute atomic E-state index is 13.8. The summed E-state index contributed by atoms with van der Waals surface area (Å²) in [6.45, 7) is 12.2. The normalized spacial score (nSPS) is 13.2. The topological polar surface area (TPSA) is 116 Å². The fourth-order valence-corrected chi connectivity index (χ4v) is 7.48. The number of carbonyl (C=O) groups excluding carboxylic acids is 3. The summed E-state index contributed by atoms with van der Waals surface area (Å²) < 4.78 is 32.2. The Kier molecular flexibility index (Phi) is 11.1. The molecule has 1 aliphatic heterocycles. The van der Waals surface area contributed by atoms with Gasteiger partial charge in [-0.25, -0.2) is 13.2 Å². The molecule has 0 saturated carbocycles. The summed E-state index contributed by atoms with van der Waals surface area (Å²) in [6.07, 6.45) is 1.68. The minimum absolute atomic E-state index is 0.115. The summed E-state index contributed by atoms with van der Waals surface area (Å²) in [5, 5.41) is 3.35. The molecule has 10 nitrogen and oxygen atoms in total. The number of carbonyl (C=O) groups is 3. The summed E-state index contributed by atoms with van der Waals surface area (Å²) in [5.41, 5.74) is 1.60. The SMILES string of the molecule is CCCN(CCC)C(=O)c1c(NC(=O)c2ccc(S(=O)(=O)N(CC)CC)cc2)sc2c1CCN(C(=O)OCC)C2. The minimum Gasteiger partial charge on any atom is -0.450 e. The fraction of sp³-hybridized carbons (Fsp3) is 0.536. The maximum atomic E-state index is 13.8. The molecule has 220 valence electrons. The van der Waals surface area contributed by atoms with E-state index < -0.39 is 22.0 Å². The highest BCUT2D eigenvalue weighted by Crippen LogP contribution is 2.38. The molecule has 0 unspecified atom stereocenters. The molecule has 1 aliphatic rings. The average molecular weight is 593 g/mol. The Morgan fingerprint density at radius 3 is 2.17 bits per heavy atom. The lowest BCUT2D eigenvalue weighted by atomic mass is 10.0. The smallest absolute Gasteiger partial charge is 0.410 e. The molecule has 0 bridgehead atoms. The highest BCUT2D eigenvalue weighted by Gasteiger charge is 2.32. The van der Waals surface area contributed by atoms with Crippen molar-refractivity contribution >= 4 is 44.3 Å². The molecule has 3 rings (SSSR count). The Labute approximate surface area is 241 Å². The summed E-state index contributed by atoms with van der Waals surface area (Å²) in [5.74, 6) is -0.582. The van der Waals surface area contributed by atoms with Crippen molar-refractivity contribution in [3.05, 3.63) is 45.8 Å². The Balaban J connectivity index is 1.94. The zero-order valence-electron chi connectivity index (χ0n) is 24.0. The number of hydrogen-bond acceptors (Lipinski definition) is 7. The van der Waals surface area contributed by atoms with Crippen molar-refractivity contribution in [2.75, 3.05) is 44.6 Å². The van der Waals surface area contributed by atoms with Crippen LogP contribution in [0.2, 0.25) is 0 Å². The summed E-state index contributed by atoms with van der Waals surface area (Å²) in [7, 11) is -3.65. The number of fused-ring (bicyclic) bond motifs is 1. The van der Waals surface area contributed by atoms with Gasteiger partial charge in [0.2, 0.25) is 10.0 Å². The number of sulfonamides is 1. The fourth-order valence-electron chi connectivity index (χ4n) is 4.77. The molecule has 1 N–H and O–H groups in total. The van der Waals surface area contributed by atoms with E-state index in [4.69, 9.17) is 4.74 Å². The number of benzene rings is 1. The Morgan fingerprint density at radius 2 is 1.62 bits per heavy atom. The van der Waals surface area contributed by atoms with E-state index in [9.17, 15) is 22.8 Å². The second-order valence-electron chi connectivity index (χ2n) is 9.44. The van der Waals surface area contributed by atoms with Crippen LogP contribution < -0.4 is 5.32 Å². The van der Waals surface area contributed by atoms with Gasteiger partial charge in [-0.05, 0) is 56.0 Å². The molecule has 2 aromatic rings. The van der Waals surface area contributed by atoms with Gasteiger partial charge in [0.25, 0.3) is 11.8 Å². The molecule has 40 heavy (non-hydrogen) atoms. The van der Waals surface area contributed by atoms with Crippen molar-refractivity contribution in [3.8, 4) is 0 Å². The summed E-state index contributed by atoms with van der Waals surface area (Å²) in [4.78, 5) is 43.8. The van der Waals surface area contributed by atoms with Gasteiger partial charge in [0.1, 0.15) is 5.00 Å².